The van der Waals surface area contributed by atoms with Gasteiger partial charge in [0.15, 0.2) is 0 Å². The van der Waals surface area contributed by atoms with Crippen LogP contribution in [-0.2, 0) is 29.0 Å². The van der Waals surface area contributed by atoms with Crippen molar-refractivity contribution in [2.45, 2.75) is 18.9 Å². The molecular formula is C13H15F4N5O3S2. The van der Waals surface area contributed by atoms with E-state index in [1.165, 1.54) is 6.92 Å². The average Bonchev–Trinajstić information content (AvgIpc) is 2.86. The van der Waals surface area contributed by atoms with Gasteiger partial charge in [-0.3, -0.25) is 14.4 Å². The largest absolute Gasteiger partial charge is 0.451 e. The SMILES string of the molecule is CCS(=O)(=O)Nc1cc(-n2nc(C(F)(F)F)n(C)c2=O)c(F)cc1CSN. The van der Waals surface area contributed by atoms with E-state index in [9.17, 15) is 30.8 Å². The number of anilines is 1. The van der Waals surface area contributed by atoms with Crippen LogP contribution in [0.15, 0.2) is 16.9 Å². The number of halogens is 4. The molecule has 1 aromatic heterocycles. The molecule has 1 aromatic carbocycles. The normalized spacial score (nSPS) is 12.4. The smallest absolute Gasteiger partial charge is 0.283 e. The minimum atomic E-state index is -4.93. The van der Waals surface area contributed by atoms with E-state index in [2.05, 4.69) is 9.82 Å². The van der Waals surface area contributed by atoms with Crippen LogP contribution >= 0.6 is 11.9 Å². The number of aromatic nitrogens is 3. The van der Waals surface area contributed by atoms with Crippen molar-refractivity contribution in [3.05, 3.63) is 39.8 Å². The minimum absolute atomic E-state index is 0.0175. The number of nitrogens with zero attached hydrogens (tertiary/aromatic N) is 3. The molecule has 14 heteroatoms. The monoisotopic (exact) mass is 429 g/mol. The van der Waals surface area contributed by atoms with Crippen LogP contribution in [0.5, 0.6) is 0 Å². The van der Waals surface area contributed by atoms with Crippen molar-refractivity contribution >= 4 is 27.7 Å². The van der Waals surface area contributed by atoms with E-state index in [-0.39, 0.29) is 32.0 Å². The Bertz CT molecular complexity index is 1010. The Balaban J connectivity index is 2.70. The molecule has 0 atom stereocenters. The van der Waals surface area contributed by atoms with Gasteiger partial charge in [0.1, 0.15) is 11.5 Å². The summed E-state index contributed by atoms with van der Waals surface area (Å²) in [5, 5.41) is 8.48. The zero-order valence-corrected chi connectivity index (χ0v) is 15.7. The van der Waals surface area contributed by atoms with Gasteiger partial charge in [0, 0.05) is 12.8 Å². The molecule has 3 N–H and O–H groups in total. The second-order valence-corrected chi connectivity index (χ2v) is 7.98. The Morgan fingerprint density at radius 3 is 2.44 bits per heavy atom. The maximum absolute atomic E-state index is 14.5. The molecular weight excluding hydrogens is 414 g/mol. The van der Waals surface area contributed by atoms with E-state index < -0.39 is 39.2 Å². The van der Waals surface area contributed by atoms with Crippen LogP contribution in [-0.4, -0.2) is 28.5 Å². The van der Waals surface area contributed by atoms with E-state index >= 15 is 0 Å². The van der Waals surface area contributed by atoms with Crippen LogP contribution in [0.4, 0.5) is 23.2 Å². The summed E-state index contributed by atoms with van der Waals surface area (Å²) in [6.07, 6.45) is -4.93. The molecule has 0 aliphatic carbocycles. The predicted molar refractivity (Wildman–Crippen MR) is 92.3 cm³/mol. The van der Waals surface area contributed by atoms with Gasteiger partial charge >= 0.3 is 11.9 Å². The number of rotatable bonds is 6. The van der Waals surface area contributed by atoms with Gasteiger partial charge in [-0.15, -0.1) is 5.10 Å². The van der Waals surface area contributed by atoms with E-state index in [1.54, 1.807) is 0 Å². The van der Waals surface area contributed by atoms with Gasteiger partial charge in [-0.1, -0.05) is 11.9 Å². The molecule has 27 heavy (non-hydrogen) atoms. The third-order valence-electron chi connectivity index (χ3n) is 3.52. The summed E-state index contributed by atoms with van der Waals surface area (Å²) in [5.74, 6) is -2.86. The number of benzene rings is 1. The summed E-state index contributed by atoms with van der Waals surface area (Å²) in [6, 6.07) is 1.79. The van der Waals surface area contributed by atoms with Crippen molar-refractivity contribution in [1.29, 1.82) is 0 Å². The third-order valence-corrected chi connectivity index (χ3v) is 5.29. The fourth-order valence-electron chi connectivity index (χ4n) is 2.15. The number of nitrogens with two attached hydrogens (primary N) is 1. The number of sulfonamides is 1. The Hall–Kier alpha value is -2.06. The second kappa shape index (κ2) is 7.52. The average molecular weight is 429 g/mol. The molecule has 2 aromatic rings. The zero-order chi connectivity index (χ0) is 20.6. The van der Waals surface area contributed by atoms with E-state index in [0.717, 1.165) is 31.1 Å². The summed E-state index contributed by atoms with van der Waals surface area (Å²) in [7, 11) is -2.94. The molecule has 8 nitrogen and oxygen atoms in total. The predicted octanol–water partition coefficient (Wildman–Crippen LogP) is 1.60. The quantitative estimate of drug-likeness (QED) is 0.533. The highest BCUT2D eigenvalue weighted by atomic mass is 32.2. The Morgan fingerprint density at radius 1 is 1.33 bits per heavy atom. The van der Waals surface area contributed by atoms with Crippen LogP contribution in [0, 0.1) is 5.82 Å². The lowest BCUT2D eigenvalue weighted by molar-refractivity contribution is -0.147. The van der Waals surface area contributed by atoms with Gasteiger partial charge in [-0.25, -0.2) is 17.6 Å². The van der Waals surface area contributed by atoms with Crippen LogP contribution < -0.4 is 15.6 Å². The lowest BCUT2D eigenvalue weighted by atomic mass is 10.2. The molecule has 0 aliphatic heterocycles. The van der Waals surface area contributed by atoms with Gasteiger partial charge in [-0.2, -0.15) is 17.9 Å². The van der Waals surface area contributed by atoms with Crippen molar-refractivity contribution < 1.29 is 26.0 Å². The van der Waals surface area contributed by atoms with Gasteiger partial charge in [0.25, 0.3) is 0 Å². The number of hydrogen-bond acceptors (Lipinski definition) is 6. The molecule has 0 bridgehead atoms. The van der Waals surface area contributed by atoms with Gasteiger partial charge in [0.2, 0.25) is 15.8 Å². The first-order valence-electron chi connectivity index (χ1n) is 7.29. The van der Waals surface area contributed by atoms with Crippen LogP contribution in [0.1, 0.15) is 18.3 Å². The number of alkyl halides is 3. The van der Waals surface area contributed by atoms with E-state index in [0.29, 0.717) is 0 Å². The first kappa shape index (κ1) is 21.2. The highest BCUT2D eigenvalue weighted by Crippen LogP contribution is 2.29. The van der Waals surface area contributed by atoms with Gasteiger partial charge in [0.05, 0.1) is 11.4 Å². The van der Waals surface area contributed by atoms with Crippen molar-refractivity contribution in [3.63, 3.8) is 0 Å². The number of hydrogen-bond donors (Lipinski definition) is 2. The third kappa shape index (κ3) is 4.44. The second-order valence-electron chi connectivity index (χ2n) is 5.35. The zero-order valence-electron chi connectivity index (χ0n) is 14.0. The van der Waals surface area contributed by atoms with Crippen molar-refractivity contribution in [2.75, 3.05) is 10.5 Å². The van der Waals surface area contributed by atoms with Gasteiger partial charge in [-0.05, 0) is 24.6 Å². The summed E-state index contributed by atoms with van der Waals surface area (Å²) in [6.45, 7) is 1.36. The molecule has 0 fully saturated rings. The minimum Gasteiger partial charge on any atom is -0.283 e. The molecule has 2 rings (SSSR count). The Labute approximate surface area is 155 Å². The van der Waals surface area contributed by atoms with Crippen molar-refractivity contribution in [1.82, 2.24) is 14.3 Å². The maximum atomic E-state index is 14.5. The first-order chi connectivity index (χ1) is 12.4. The standard InChI is InChI=1S/C13H15F4N5O3S2/c1-3-27(24,25)20-9-5-10(8(14)4-7(9)6-26-18)22-12(23)21(2)11(19-22)13(15,16)17/h4-5,20H,3,6,18H2,1-2H3. The topological polar surface area (TPSA) is 112 Å². The fourth-order valence-corrected chi connectivity index (χ4v) is 3.24. The Morgan fingerprint density at radius 2 is 1.96 bits per heavy atom. The maximum Gasteiger partial charge on any atom is 0.451 e. The lowest BCUT2D eigenvalue weighted by Crippen LogP contribution is -2.24. The lowest BCUT2D eigenvalue weighted by Gasteiger charge is -2.13. The number of nitrogens with one attached hydrogen (secondary N) is 1. The molecule has 0 spiro atoms. The molecule has 0 saturated heterocycles. The molecule has 0 radical (unpaired) electrons. The fraction of sp³-hybridized carbons (Fsp3) is 0.385. The summed E-state index contributed by atoms with van der Waals surface area (Å²) >= 11 is 0.787. The molecule has 0 aliphatic rings. The summed E-state index contributed by atoms with van der Waals surface area (Å²) < 4.78 is 79.6. The molecule has 1 heterocycles. The molecule has 0 saturated carbocycles. The van der Waals surface area contributed by atoms with Crippen LogP contribution in [0.3, 0.4) is 0 Å². The molecule has 150 valence electrons. The Kier molecular flexibility index (Phi) is 5.91. The van der Waals surface area contributed by atoms with E-state index in [4.69, 9.17) is 5.14 Å². The molecule has 0 amide bonds. The first-order valence-corrected chi connectivity index (χ1v) is 9.99. The van der Waals surface area contributed by atoms with Gasteiger partial charge < -0.3 is 0 Å². The van der Waals surface area contributed by atoms with Crippen molar-refractivity contribution in [3.8, 4) is 5.69 Å². The molecule has 0 unspecified atom stereocenters. The summed E-state index contributed by atoms with van der Waals surface area (Å²) in [5.41, 5.74) is -1.84. The summed E-state index contributed by atoms with van der Waals surface area (Å²) in [4.78, 5) is 12.1. The van der Waals surface area contributed by atoms with Crippen LogP contribution in [0.25, 0.3) is 5.69 Å². The van der Waals surface area contributed by atoms with Crippen molar-refractivity contribution in [2.24, 2.45) is 12.2 Å². The highest BCUT2D eigenvalue weighted by Gasteiger charge is 2.38. The van der Waals surface area contributed by atoms with E-state index in [1.807, 2.05) is 0 Å². The highest BCUT2D eigenvalue weighted by molar-refractivity contribution is 7.96. The van der Waals surface area contributed by atoms with Crippen LogP contribution in [0.2, 0.25) is 0 Å².